The van der Waals surface area contributed by atoms with Crippen molar-refractivity contribution in [3.8, 4) is 0 Å². The van der Waals surface area contributed by atoms with Crippen LogP contribution >= 0.6 is 15.9 Å². The lowest BCUT2D eigenvalue weighted by atomic mass is 9.94. The van der Waals surface area contributed by atoms with Gasteiger partial charge in [-0.25, -0.2) is 4.39 Å². The molecule has 0 aromatic heterocycles. The average molecular weight is 343 g/mol. The van der Waals surface area contributed by atoms with E-state index >= 15 is 0 Å². The highest BCUT2D eigenvalue weighted by Gasteiger charge is 2.17. The summed E-state index contributed by atoms with van der Waals surface area (Å²) in [7, 11) is 2.13. The third-order valence-corrected chi connectivity index (χ3v) is 4.34. The highest BCUT2D eigenvalue weighted by atomic mass is 79.9. The summed E-state index contributed by atoms with van der Waals surface area (Å²) in [4.78, 5) is 14.3. The standard InChI is InChI=1S/C15H20BrFN2O/c1-19-8-5-11(6-9-19)4-7-18-15(20)13-10-12(16)2-3-14(13)17/h2-3,10-11H,4-9H2,1H3,(H,18,20). The number of amides is 1. The fourth-order valence-corrected chi connectivity index (χ4v) is 2.87. The van der Waals surface area contributed by atoms with Crippen LogP contribution in [-0.4, -0.2) is 37.5 Å². The van der Waals surface area contributed by atoms with Crippen molar-refractivity contribution in [3.05, 3.63) is 34.1 Å². The van der Waals surface area contributed by atoms with Crippen LogP contribution in [-0.2, 0) is 0 Å². The second kappa shape index (κ2) is 7.18. The van der Waals surface area contributed by atoms with E-state index in [9.17, 15) is 9.18 Å². The summed E-state index contributed by atoms with van der Waals surface area (Å²) < 4.78 is 14.3. The van der Waals surface area contributed by atoms with E-state index in [0.29, 0.717) is 16.9 Å². The summed E-state index contributed by atoms with van der Waals surface area (Å²) in [6, 6.07) is 4.40. The molecule has 1 amide bonds. The van der Waals surface area contributed by atoms with Gasteiger partial charge in [0.05, 0.1) is 5.56 Å². The Labute approximate surface area is 127 Å². The van der Waals surface area contributed by atoms with Gasteiger partial charge >= 0.3 is 0 Å². The highest BCUT2D eigenvalue weighted by Crippen LogP contribution is 2.19. The van der Waals surface area contributed by atoms with Gasteiger partial charge in [0, 0.05) is 11.0 Å². The number of nitrogens with zero attached hydrogens (tertiary/aromatic N) is 1. The number of nitrogens with one attached hydrogen (secondary N) is 1. The van der Waals surface area contributed by atoms with Crippen molar-refractivity contribution in [2.45, 2.75) is 19.3 Å². The van der Waals surface area contributed by atoms with E-state index in [2.05, 4.69) is 33.2 Å². The predicted molar refractivity (Wildman–Crippen MR) is 81.3 cm³/mol. The molecule has 110 valence electrons. The molecule has 3 nitrogen and oxygen atoms in total. The monoisotopic (exact) mass is 342 g/mol. The molecule has 0 spiro atoms. The molecular formula is C15H20BrFN2O. The van der Waals surface area contributed by atoms with Gasteiger partial charge in [-0.15, -0.1) is 0 Å². The Morgan fingerprint density at radius 2 is 2.15 bits per heavy atom. The van der Waals surface area contributed by atoms with Crippen molar-refractivity contribution < 1.29 is 9.18 Å². The molecule has 1 saturated heterocycles. The zero-order chi connectivity index (χ0) is 14.5. The largest absolute Gasteiger partial charge is 0.352 e. The van der Waals surface area contributed by atoms with Crippen molar-refractivity contribution in [1.29, 1.82) is 0 Å². The van der Waals surface area contributed by atoms with E-state index < -0.39 is 5.82 Å². The van der Waals surface area contributed by atoms with Gasteiger partial charge < -0.3 is 10.2 Å². The summed E-state index contributed by atoms with van der Waals surface area (Å²) in [6.45, 7) is 2.86. The number of piperidine rings is 1. The molecule has 1 aliphatic rings. The van der Waals surface area contributed by atoms with Crippen LogP contribution in [0, 0.1) is 11.7 Å². The molecule has 1 fully saturated rings. The smallest absolute Gasteiger partial charge is 0.254 e. The first-order chi connectivity index (χ1) is 9.56. The van der Waals surface area contributed by atoms with Crippen molar-refractivity contribution in [2.24, 2.45) is 5.92 Å². The molecule has 1 aliphatic heterocycles. The zero-order valence-electron chi connectivity index (χ0n) is 11.7. The van der Waals surface area contributed by atoms with Gasteiger partial charge in [0.15, 0.2) is 0 Å². The highest BCUT2D eigenvalue weighted by molar-refractivity contribution is 9.10. The molecule has 0 atom stereocenters. The van der Waals surface area contributed by atoms with E-state index in [-0.39, 0.29) is 11.5 Å². The Morgan fingerprint density at radius 3 is 2.85 bits per heavy atom. The van der Waals surface area contributed by atoms with Gasteiger partial charge in [0.25, 0.3) is 5.91 Å². The van der Waals surface area contributed by atoms with Crippen LogP contribution in [0.3, 0.4) is 0 Å². The number of hydrogen-bond acceptors (Lipinski definition) is 2. The molecule has 5 heteroatoms. The maximum atomic E-state index is 13.6. The Hall–Kier alpha value is -0.940. The summed E-state index contributed by atoms with van der Waals surface area (Å²) in [5.41, 5.74) is 0.0998. The van der Waals surface area contributed by atoms with Crippen molar-refractivity contribution in [2.75, 3.05) is 26.7 Å². The Bertz CT molecular complexity index is 473. The Morgan fingerprint density at radius 1 is 1.45 bits per heavy atom. The van der Waals surface area contributed by atoms with Gasteiger partial charge in [-0.3, -0.25) is 4.79 Å². The van der Waals surface area contributed by atoms with Crippen LogP contribution in [0.25, 0.3) is 0 Å². The van der Waals surface area contributed by atoms with Gasteiger partial charge in [-0.1, -0.05) is 15.9 Å². The summed E-state index contributed by atoms with van der Waals surface area (Å²) in [5, 5.41) is 2.81. The number of hydrogen-bond donors (Lipinski definition) is 1. The van der Waals surface area contributed by atoms with Crippen molar-refractivity contribution in [1.82, 2.24) is 10.2 Å². The minimum atomic E-state index is -0.481. The molecule has 0 aliphatic carbocycles. The number of benzene rings is 1. The number of rotatable bonds is 4. The minimum absolute atomic E-state index is 0.0998. The summed E-state index contributed by atoms with van der Waals surface area (Å²) in [5.74, 6) is -0.152. The second-order valence-corrected chi connectivity index (χ2v) is 6.33. The number of likely N-dealkylation sites (tertiary alicyclic amines) is 1. The van der Waals surface area contributed by atoms with E-state index in [1.165, 1.54) is 25.0 Å². The average Bonchev–Trinajstić information content (AvgIpc) is 2.43. The third-order valence-electron chi connectivity index (χ3n) is 3.85. The Kier molecular flexibility index (Phi) is 5.54. The van der Waals surface area contributed by atoms with Crippen molar-refractivity contribution >= 4 is 21.8 Å². The lowest BCUT2D eigenvalue weighted by Crippen LogP contribution is -2.32. The van der Waals surface area contributed by atoms with Gasteiger partial charge in [-0.2, -0.15) is 0 Å². The summed E-state index contributed by atoms with van der Waals surface area (Å²) in [6.07, 6.45) is 3.32. The molecule has 1 N–H and O–H groups in total. The first kappa shape index (κ1) is 15.4. The number of halogens is 2. The fraction of sp³-hybridized carbons (Fsp3) is 0.533. The normalized spacial score (nSPS) is 17.1. The van der Waals surface area contributed by atoms with E-state index in [1.54, 1.807) is 6.07 Å². The maximum Gasteiger partial charge on any atom is 0.254 e. The zero-order valence-corrected chi connectivity index (χ0v) is 13.2. The van der Waals surface area contributed by atoms with Gasteiger partial charge in [-0.05, 0) is 63.5 Å². The van der Waals surface area contributed by atoms with E-state index in [0.717, 1.165) is 19.5 Å². The first-order valence-electron chi connectivity index (χ1n) is 6.98. The number of carbonyl (C=O) groups is 1. The van der Waals surface area contributed by atoms with Crippen LogP contribution in [0.2, 0.25) is 0 Å². The maximum absolute atomic E-state index is 13.6. The van der Waals surface area contributed by atoms with Crippen LogP contribution in [0.1, 0.15) is 29.6 Å². The molecule has 0 saturated carbocycles. The molecule has 2 rings (SSSR count). The molecule has 0 radical (unpaired) electrons. The second-order valence-electron chi connectivity index (χ2n) is 5.42. The summed E-state index contributed by atoms with van der Waals surface area (Å²) >= 11 is 3.25. The lowest BCUT2D eigenvalue weighted by molar-refractivity contribution is 0.0945. The van der Waals surface area contributed by atoms with E-state index in [1.807, 2.05) is 0 Å². The molecule has 20 heavy (non-hydrogen) atoms. The lowest BCUT2D eigenvalue weighted by Gasteiger charge is -2.28. The van der Waals surface area contributed by atoms with Gasteiger partial charge in [0.1, 0.15) is 5.82 Å². The SMILES string of the molecule is CN1CCC(CCNC(=O)c2cc(Br)ccc2F)CC1. The molecular weight excluding hydrogens is 323 g/mol. The fourth-order valence-electron chi connectivity index (χ4n) is 2.51. The van der Waals surface area contributed by atoms with Crippen LogP contribution < -0.4 is 5.32 Å². The first-order valence-corrected chi connectivity index (χ1v) is 7.77. The molecule has 1 aromatic carbocycles. The van der Waals surface area contributed by atoms with Crippen LogP contribution in [0.5, 0.6) is 0 Å². The van der Waals surface area contributed by atoms with Crippen molar-refractivity contribution in [3.63, 3.8) is 0 Å². The molecule has 1 heterocycles. The van der Waals surface area contributed by atoms with Crippen LogP contribution in [0.15, 0.2) is 22.7 Å². The topological polar surface area (TPSA) is 32.3 Å². The third kappa shape index (κ3) is 4.28. The minimum Gasteiger partial charge on any atom is -0.352 e. The number of carbonyl (C=O) groups excluding carboxylic acids is 1. The predicted octanol–water partition coefficient (Wildman–Crippen LogP) is 3.05. The quantitative estimate of drug-likeness (QED) is 0.911. The van der Waals surface area contributed by atoms with E-state index in [4.69, 9.17) is 0 Å². The van der Waals surface area contributed by atoms with Gasteiger partial charge in [0.2, 0.25) is 0 Å². The molecule has 0 bridgehead atoms. The van der Waals surface area contributed by atoms with Crippen LogP contribution in [0.4, 0.5) is 4.39 Å². The molecule has 1 aromatic rings. The Balaban J connectivity index is 1.79. The molecule has 0 unspecified atom stereocenters.